The minimum Gasteiger partial charge on any atom is -0.469 e. The van der Waals surface area contributed by atoms with E-state index in [4.69, 9.17) is 10.5 Å². The molecule has 1 aromatic carbocycles. The molecule has 2 fully saturated rings. The second-order valence-corrected chi connectivity index (χ2v) is 9.06. The summed E-state index contributed by atoms with van der Waals surface area (Å²) in [6, 6.07) is 6.49. The molecular formula is C25H32F2N4O5. The highest BCUT2D eigenvalue weighted by atomic mass is 19.3. The van der Waals surface area contributed by atoms with Crippen LogP contribution in [0.15, 0.2) is 40.5 Å². The Morgan fingerprint density at radius 3 is 2.31 bits per heavy atom. The van der Waals surface area contributed by atoms with Crippen molar-refractivity contribution in [2.24, 2.45) is 22.6 Å². The largest absolute Gasteiger partial charge is 0.469 e. The van der Waals surface area contributed by atoms with Crippen molar-refractivity contribution in [1.82, 2.24) is 4.90 Å². The number of carbonyl (C=O) groups excluding carboxylic acids is 3. The number of hydrogen-bond donors (Lipinski definition) is 2. The lowest BCUT2D eigenvalue weighted by atomic mass is 10.0. The summed E-state index contributed by atoms with van der Waals surface area (Å²) in [7, 11) is 4.30. The standard InChI is InChI=1S/C25H32F2N4O5/c1-14(28)18(13-36-24(34)31(3)17-7-5-6-8-17)21(29-2)15-9-11-16(12-10-15)30-22(32)19-20(23(33)35-4)25(19,26)27/h9-12,17,19-20H,5-8,13,28H2,1-4H3,(H,30,32)/b18-14-,29-21?. The molecular weight excluding hydrogens is 474 g/mol. The molecule has 11 heteroatoms. The summed E-state index contributed by atoms with van der Waals surface area (Å²) in [6.07, 6.45) is 3.66. The average molecular weight is 507 g/mol. The van der Waals surface area contributed by atoms with Crippen molar-refractivity contribution in [2.75, 3.05) is 33.1 Å². The summed E-state index contributed by atoms with van der Waals surface area (Å²) in [5.41, 5.74) is 8.41. The fraction of sp³-hybridized carbons (Fsp3) is 0.520. The van der Waals surface area contributed by atoms with Gasteiger partial charge in [-0.1, -0.05) is 25.0 Å². The van der Waals surface area contributed by atoms with E-state index in [0.29, 0.717) is 22.5 Å². The Hall–Kier alpha value is -3.50. The van der Waals surface area contributed by atoms with Crippen molar-refractivity contribution in [2.45, 2.75) is 44.6 Å². The Morgan fingerprint density at radius 1 is 1.17 bits per heavy atom. The number of hydrogen-bond acceptors (Lipinski definition) is 7. The van der Waals surface area contributed by atoms with Crippen LogP contribution in [0.3, 0.4) is 0 Å². The molecule has 2 aliphatic rings. The highest BCUT2D eigenvalue weighted by Gasteiger charge is 2.76. The molecule has 2 amide bonds. The van der Waals surface area contributed by atoms with Gasteiger partial charge in [-0.2, -0.15) is 0 Å². The maximum atomic E-state index is 13.9. The number of methoxy groups -OCH3 is 1. The highest BCUT2D eigenvalue weighted by Crippen LogP contribution is 2.56. The monoisotopic (exact) mass is 506 g/mol. The first-order valence-electron chi connectivity index (χ1n) is 11.7. The topological polar surface area (TPSA) is 123 Å². The van der Waals surface area contributed by atoms with Gasteiger partial charge in [-0.15, -0.1) is 0 Å². The van der Waals surface area contributed by atoms with Crippen LogP contribution in [-0.4, -0.2) is 68.4 Å². The maximum absolute atomic E-state index is 13.9. The van der Waals surface area contributed by atoms with E-state index in [1.54, 1.807) is 38.1 Å². The number of carbonyl (C=O) groups is 3. The zero-order valence-corrected chi connectivity index (χ0v) is 20.8. The number of amides is 2. The second-order valence-electron chi connectivity index (χ2n) is 9.06. The quantitative estimate of drug-likeness (QED) is 0.412. The first-order valence-corrected chi connectivity index (χ1v) is 11.7. The Morgan fingerprint density at radius 2 is 1.78 bits per heavy atom. The summed E-state index contributed by atoms with van der Waals surface area (Å²) < 4.78 is 37.6. The number of anilines is 1. The number of esters is 1. The van der Waals surface area contributed by atoms with Crippen molar-refractivity contribution in [3.8, 4) is 0 Å². The van der Waals surface area contributed by atoms with E-state index >= 15 is 0 Å². The number of nitrogens with one attached hydrogen (secondary N) is 1. The smallest absolute Gasteiger partial charge is 0.410 e. The van der Waals surface area contributed by atoms with E-state index in [9.17, 15) is 23.2 Å². The normalized spacial score (nSPS) is 21.9. The van der Waals surface area contributed by atoms with Gasteiger partial charge < -0.3 is 25.4 Å². The molecule has 2 unspecified atom stereocenters. The predicted molar refractivity (Wildman–Crippen MR) is 130 cm³/mol. The minimum atomic E-state index is -3.44. The molecule has 0 radical (unpaired) electrons. The molecule has 0 saturated heterocycles. The number of alkyl halides is 2. The number of rotatable bonds is 8. The molecule has 1 aromatic rings. The molecule has 36 heavy (non-hydrogen) atoms. The van der Waals surface area contributed by atoms with Crippen molar-refractivity contribution in [3.63, 3.8) is 0 Å². The summed E-state index contributed by atoms with van der Waals surface area (Å²) in [5.74, 6) is -9.09. The van der Waals surface area contributed by atoms with Gasteiger partial charge in [0.25, 0.3) is 5.92 Å². The molecule has 3 rings (SSSR count). The zero-order chi connectivity index (χ0) is 26.6. The third-order valence-corrected chi connectivity index (χ3v) is 6.70. The molecule has 9 nitrogen and oxygen atoms in total. The van der Waals surface area contributed by atoms with Gasteiger partial charge in [0.15, 0.2) is 0 Å². The molecule has 2 saturated carbocycles. The molecule has 196 valence electrons. The summed E-state index contributed by atoms with van der Waals surface area (Å²) in [5, 5.41) is 2.41. The fourth-order valence-electron chi connectivity index (χ4n) is 4.49. The van der Waals surface area contributed by atoms with Crippen LogP contribution in [0.4, 0.5) is 19.3 Å². The Kier molecular flexibility index (Phi) is 8.31. The highest BCUT2D eigenvalue weighted by molar-refractivity contribution is 6.13. The summed E-state index contributed by atoms with van der Waals surface area (Å²) in [4.78, 5) is 42.2. The SMILES string of the molecule is CN=C(/C(COC(=O)N(C)C1CCCC1)=C(/C)N)c1ccc(NC(=O)C2C(C(=O)OC)C2(F)F)cc1. The molecule has 0 bridgehead atoms. The number of benzene rings is 1. The van der Waals surface area contributed by atoms with Gasteiger partial charge in [-0.3, -0.25) is 14.6 Å². The lowest BCUT2D eigenvalue weighted by Gasteiger charge is -2.24. The van der Waals surface area contributed by atoms with Gasteiger partial charge in [0.2, 0.25) is 5.91 Å². The molecule has 3 N–H and O–H groups in total. The number of nitrogens with zero attached hydrogens (tertiary/aromatic N) is 2. The van der Waals surface area contributed by atoms with Gasteiger partial charge in [0.05, 0.1) is 12.8 Å². The van der Waals surface area contributed by atoms with Crippen LogP contribution in [0.2, 0.25) is 0 Å². The molecule has 0 spiro atoms. The lowest BCUT2D eigenvalue weighted by Crippen LogP contribution is -2.36. The van der Waals surface area contributed by atoms with Crippen molar-refractivity contribution < 1.29 is 32.6 Å². The third-order valence-electron chi connectivity index (χ3n) is 6.70. The number of allylic oxidation sites excluding steroid dienone is 1. The Labute approximate surface area is 208 Å². The van der Waals surface area contributed by atoms with Gasteiger partial charge in [0.1, 0.15) is 18.4 Å². The van der Waals surface area contributed by atoms with Crippen LogP contribution in [0, 0.1) is 11.8 Å². The predicted octanol–water partition coefficient (Wildman–Crippen LogP) is 3.34. The van der Waals surface area contributed by atoms with E-state index in [2.05, 4.69) is 15.0 Å². The molecule has 0 aliphatic heterocycles. The number of halogens is 2. The lowest BCUT2D eigenvalue weighted by molar-refractivity contribution is -0.144. The summed E-state index contributed by atoms with van der Waals surface area (Å²) in [6.45, 7) is 1.60. The average Bonchev–Trinajstić information content (AvgIpc) is 3.16. The number of aliphatic imine (C=N–C) groups is 1. The van der Waals surface area contributed by atoms with E-state index in [1.165, 1.54) is 12.1 Å². The van der Waals surface area contributed by atoms with E-state index in [-0.39, 0.29) is 18.3 Å². The van der Waals surface area contributed by atoms with Crippen LogP contribution < -0.4 is 11.1 Å². The van der Waals surface area contributed by atoms with E-state index in [0.717, 1.165) is 32.8 Å². The van der Waals surface area contributed by atoms with Crippen LogP contribution in [0.1, 0.15) is 38.2 Å². The van der Waals surface area contributed by atoms with E-state index in [1.807, 2.05) is 0 Å². The van der Waals surface area contributed by atoms with Crippen molar-refractivity contribution >= 4 is 29.4 Å². The molecule has 2 atom stereocenters. The van der Waals surface area contributed by atoms with Crippen molar-refractivity contribution in [1.29, 1.82) is 0 Å². The number of nitrogens with two attached hydrogens (primary N) is 1. The van der Waals surface area contributed by atoms with Gasteiger partial charge in [-0.25, -0.2) is 13.6 Å². The van der Waals surface area contributed by atoms with Gasteiger partial charge in [0, 0.05) is 42.7 Å². The van der Waals surface area contributed by atoms with E-state index < -0.39 is 35.7 Å². The van der Waals surface area contributed by atoms with Crippen LogP contribution in [-0.2, 0) is 19.1 Å². The first-order chi connectivity index (χ1) is 17.0. The molecule has 2 aliphatic carbocycles. The Balaban J connectivity index is 1.65. The second kappa shape index (κ2) is 11.0. The van der Waals surface area contributed by atoms with Gasteiger partial charge in [-0.05, 0) is 31.9 Å². The molecule has 0 heterocycles. The van der Waals surface area contributed by atoms with Crippen LogP contribution in [0.25, 0.3) is 0 Å². The third kappa shape index (κ3) is 5.66. The maximum Gasteiger partial charge on any atom is 0.410 e. The number of ether oxygens (including phenoxy) is 2. The fourth-order valence-corrected chi connectivity index (χ4v) is 4.49. The van der Waals surface area contributed by atoms with Crippen molar-refractivity contribution in [3.05, 3.63) is 41.1 Å². The first kappa shape index (κ1) is 27.1. The molecule has 0 aromatic heterocycles. The minimum absolute atomic E-state index is 0.0743. The van der Waals surface area contributed by atoms with Crippen LogP contribution >= 0.6 is 0 Å². The zero-order valence-electron chi connectivity index (χ0n) is 20.8. The Bertz CT molecular complexity index is 1060. The summed E-state index contributed by atoms with van der Waals surface area (Å²) >= 11 is 0. The van der Waals surface area contributed by atoms with Crippen LogP contribution in [0.5, 0.6) is 0 Å². The van der Waals surface area contributed by atoms with Gasteiger partial charge >= 0.3 is 12.1 Å².